The van der Waals surface area contributed by atoms with Crippen molar-refractivity contribution >= 4 is 11.8 Å². The number of hydrogen-bond donors (Lipinski definition) is 0. The molecular weight excluding hydrogens is 259 g/mol. The molecule has 1 aromatic rings. The van der Waals surface area contributed by atoms with Crippen LogP contribution in [-0.4, -0.2) is 40.7 Å². The Morgan fingerprint density at radius 2 is 2.05 bits per heavy atom. The van der Waals surface area contributed by atoms with Crippen molar-refractivity contribution in [3.63, 3.8) is 0 Å². The van der Waals surface area contributed by atoms with Crippen LogP contribution in [0.15, 0.2) is 24.3 Å². The van der Waals surface area contributed by atoms with Crippen LogP contribution in [0, 0.1) is 5.82 Å². The molecule has 5 heteroatoms. The molecule has 2 saturated heterocycles. The van der Waals surface area contributed by atoms with Crippen LogP contribution < -0.4 is 0 Å². The second kappa shape index (κ2) is 4.89. The smallest absolute Gasteiger partial charge is 0.246 e. The molecule has 2 unspecified atom stereocenters. The molecule has 0 radical (unpaired) electrons. The first kappa shape index (κ1) is 13.1. The average molecular weight is 276 g/mol. The molecule has 2 aliphatic heterocycles. The van der Waals surface area contributed by atoms with Gasteiger partial charge in [0.2, 0.25) is 11.8 Å². The fraction of sp³-hybridized carbons (Fsp3) is 0.467. The molecule has 106 valence electrons. The van der Waals surface area contributed by atoms with Gasteiger partial charge in [-0.25, -0.2) is 4.39 Å². The second-order valence-corrected chi connectivity index (χ2v) is 5.41. The third-order valence-electron chi connectivity index (χ3n) is 4.27. The molecule has 2 amide bonds. The van der Waals surface area contributed by atoms with Gasteiger partial charge in [-0.05, 0) is 25.8 Å². The van der Waals surface area contributed by atoms with Gasteiger partial charge in [0.1, 0.15) is 18.4 Å². The minimum absolute atomic E-state index is 0.0321. The lowest BCUT2D eigenvalue weighted by Crippen LogP contribution is -2.57. The standard InChI is InChI=1S/C15H17FN2O2/c1-10(11-5-2-3-6-12(11)16)18-9-14(19)17-8-4-7-13(17)15(18)20/h2-3,5-6,10,13H,4,7-9H2,1H3. The summed E-state index contributed by atoms with van der Waals surface area (Å²) in [7, 11) is 0. The van der Waals surface area contributed by atoms with Gasteiger partial charge in [-0.1, -0.05) is 18.2 Å². The van der Waals surface area contributed by atoms with Gasteiger partial charge in [-0.2, -0.15) is 0 Å². The third-order valence-corrected chi connectivity index (χ3v) is 4.27. The zero-order chi connectivity index (χ0) is 14.3. The predicted molar refractivity (Wildman–Crippen MR) is 71.3 cm³/mol. The topological polar surface area (TPSA) is 40.6 Å². The lowest BCUT2D eigenvalue weighted by Gasteiger charge is -2.39. The van der Waals surface area contributed by atoms with Gasteiger partial charge in [-0.15, -0.1) is 0 Å². The van der Waals surface area contributed by atoms with E-state index in [0.29, 0.717) is 18.5 Å². The van der Waals surface area contributed by atoms with Crippen molar-refractivity contribution in [3.8, 4) is 0 Å². The van der Waals surface area contributed by atoms with Gasteiger partial charge in [-0.3, -0.25) is 9.59 Å². The lowest BCUT2D eigenvalue weighted by molar-refractivity contribution is -0.155. The van der Waals surface area contributed by atoms with E-state index in [1.54, 1.807) is 30.0 Å². The summed E-state index contributed by atoms with van der Waals surface area (Å²) in [5.74, 6) is -0.428. The van der Waals surface area contributed by atoms with E-state index in [9.17, 15) is 14.0 Å². The van der Waals surface area contributed by atoms with E-state index in [1.807, 2.05) is 0 Å². The highest BCUT2D eigenvalue weighted by Crippen LogP contribution is 2.30. The maximum absolute atomic E-state index is 13.9. The Balaban J connectivity index is 1.88. The van der Waals surface area contributed by atoms with Crippen LogP contribution in [0.25, 0.3) is 0 Å². The van der Waals surface area contributed by atoms with Crippen LogP contribution in [-0.2, 0) is 9.59 Å². The molecule has 0 spiro atoms. The molecule has 0 saturated carbocycles. The van der Waals surface area contributed by atoms with Crippen LogP contribution in [0.3, 0.4) is 0 Å². The summed E-state index contributed by atoms with van der Waals surface area (Å²) >= 11 is 0. The van der Waals surface area contributed by atoms with Crippen molar-refractivity contribution in [2.45, 2.75) is 31.8 Å². The van der Waals surface area contributed by atoms with Gasteiger partial charge in [0.15, 0.2) is 0 Å². The number of nitrogens with zero attached hydrogens (tertiary/aromatic N) is 2. The summed E-state index contributed by atoms with van der Waals surface area (Å²) in [6.07, 6.45) is 1.58. The van der Waals surface area contributed by atoms with Gasteiger partial charge < -0.3 is 9.80 Å². The fourth-order valence-corrected chi connectivity index (χ4v) is 3.14. The molecule has 4 nitrogen and oxygen atoms in total. The molecule has 1 aromatic carbocycles. The lowest BCUT2D eigenvalue weighted by atomic mass is 10.0. The normalized spacial score (nSPS) is 24.0. The summed E-state index contributed by atoms with van der Waals surface area (Å²) in [6, 6.07) is 5.64. The number of piperazine rings is 1. The monoisotopic (exact) mass is 276 g/mol. The average Bonchev–Trinajstić information content (AvgIpc) is 2.93. The zero-order valence-electron chi connectivity index (χ0n) is 11.4. The molecule has 20 heavy (non-hydrogen) atoms. The van der Waals surface area contributed by atoms with Crippen molar-refractivity contribution in [2.75, 3.05) is 13.1 Å². The van der Waals surface area contributed by atoms with E-state index >= 15 is 0 Å². The molecule has 2 atom stereocenters. The van der Waals surface area contributed by atoms with Crippen molar-refractivity contribution in [1.82, 2.24) is 9.80 Å². The quantitative estimate of drug-likeness (QED) is 0.825. The van der Waals surface area contributed by atoms with Crippen molar-refractivity contribution in [3.05, 3.63) is 35.6 Å². The molecule has 0 aliphatic carbocycles. The summed E-state index contributed by atoms with van der Waals surface area (Å²) in [5, 5.41) is 0. The SMILES string of the molecule is CC(c1ccccc1F)N1CC(=O)N2CCCC2C1=O. The summed E-state index contributed by atoms with van der Waals surface area (Å²) < 4.78 is 13.9. The molecule has 2 fully saturated rings. The van der Waals surface area contributed by atoms with E-state index in [4.69, 9.17) is 0 Å². The second-order valence-electron chi connectivity index (χ2n) is 5.41. The molecular formula is C15H17FN2O2. The number of amides is 2. The summed E-state index contributed by atoms with van der Waals surface area (Å²) in [6.45, 7) is 2.48. The summed E-state index contributed by atoms with van der Waals surface area (Å²) in [4.78, 5) is 27.7. The molecule has 0 N–H and O–H groups in total. The Morgan fingerprint density at radius 1 is 1.30 bits per heavy atom. The number of halogens is 1. The highest BCUT2D eigenvalue weighted by Gasteiger charge is 2.43. The first-order valence-corrected chi connectivity index (χ1v) is 6.94. The van der Waals surface area contributed by atoms with E-state index < -0.39 is 6.04 Å². The van der Waals surface area contributed by atoms with E-state index in [0.717, 1.165) is 6.42 Å². The maximum atomic E-state index is 13.9. The Kier molecular flexibility index (Phi) is 3.20. The number of benzene rings is 1. The molecule has 2 aliphatic rings. The Morgan fingerprint density at radius 3 is 2.80 bits per heavy atom. The van der Waals surface area contributed by atoms with E-state index in [2.05, 4.69) is 0 Å². The molecule has 3 rings (SSSR count). The van der Waals surface area contributed by atoms with Crippen LogP contribution in [0.5, 0.6) is 0 Å². The fourth-order valence-electron chi connectivity index (χ4n) is 3.14. The highest BCUT2D eigenvalue weighted by atomic mass is 19.1. The summed E-state index contributed by atoms with van der Waals surface area (Å²) in [5.41, 5.74) is 0.458. The third kappa shape index (κ3) is 1.97. The molecule has 0 bridgehead atoms. The first-order chi connectivity index (χ1) is 9.59. The molecule has 2 heterocycles. The number of carbonyl (C=O) groups is 2. The number of fused-ring (bicyclic) bond motifs is 1. The minimum Gasteiger partial charge on any atom is -0.329 e. The Hall–Kier alpha value is -1.91. The van der Waals surface area contributed by atoms with E-state index in [-0.39, 0.29) is 30.2 Å². The van der Waals surface area contributed by atoms with Gasteiger partial charge in [0.05, 0.1) is 6.04 Å². The minimum atomic E-state index is -0.421. The number of carbonyl (C=O) groups excluding carboxylic acids is 2. The largest absolute Gasteiger partial charge is 0.329 e. The van der Waals surface area contributed by atoms with Gasteiger partial charge in [0.25, 0.3) is 0 Å². The maximum Gasteiger partial charge on any atom is 0.246 e. The van der Waals surface area contributed by atoms with Crippen LogP contribution in [0.2, 0.25) is 0 Å². The first-order valence-electron chi connectivity index (χ1n) is 6.94. The highest BCUT2D eigenvalue weighted by molar-refractivity contribution is 5.95. The Bertz CT molecular complexity index is 561. The predicted octanol–water partition coefficient (Wildman–Crippen LogP) is 1.72. The van der Waals surface area contributed by atoms with E-state index in [1.165, 1.54) is 11.0 Å². The van der Waals surface area contributed by atoms with Crippen LogP contribution in [0.1, 0.15) is 31.4 Å². The van der Waals surface area contributed by atoms with Crippen molar-refractivity contribution < 1.29 is 14.0 Å². The van der Waals surface area contributed by atoms with Gasteiger partial charge >= 0.3 is 0 Å². The van der Waals surface area contributed by atoms with Crippen molar-refractivity contribution in [1.29, 1.82) is 0 Å². The zero-order valence-corrected chi connectivity index (χ0v) is 11.4. The number of rotatable bonds is 2. The number of hydrogen-bond acceptors (Lipinski definition) is 2. The Labute approximate surface area is 117 Å². The van der Waals surface area contributed by atoms with Crippen molar-refractivity contribution in [2.24, 2.45) is 0 Å². The van der Waals surface area contributed by atoms with Crippen LogP contribution in [0.4, 0.5) is 4.39 Å². The van der Waals surface area contributed by atoms with Crippen LogP contribution >= 0.6 is 0 Å². The van der Waals surface area contributed by atoms with Gasteiger partial charge in [0, 0.05) is 12.1 Å². The molecule has 0 aromatic heterocycles.